The van der Waals surface area contributed by atoms with E-state index in [-0.39, 0.29) is 18.6 Å². The van der Waals surface area contributed by atoms with E-state index in [4.69, 9.17) is 4.74 Å². The van der Waals surface area contributed by atoms with Crippen molar-refractivity contribution in [1.29, 1.82) is 0 Å². The molecule has 2 heterocycles. The number of rotatable bonds is 7. The number of nitrogens with zero attached hydrogens (tertiary/aromatic N) is 3. The van der Waals surface area contributed by atoms with Crippen LogP contribution in [0.25, 0.3) is 11.0 Å². The Kier molecular flexibility index (Phi) is 5.74. The normalized spacial score (nSPS) is 12.3. The van der Waals surface area contributed by atoms with Gasteiger partial charge in [-0.05, 0) is 43.9 Å². The fourth-order valence-corrected chi connectivity index (χ4v) is 2.97. The minimum atomic E-state index is -0.216. The minimum Gasteiger partial charge on any atom is -0.483 e. The molecule has 1 atom stereocenters. The molecule has 3 aromatic rings. The van der Waals surface area contributed by atoms with Crippen LogP contribution in [-0.2, 0) is 4.79 Å². The van der Waals surface area contributed by atoms with Crippen molar-refractivity contribution in [2.24, 2.45) is 0 Å². The molecule has 0 aliphatic rings. The van der Waals surface area contributed by atoms with E-state index in [1.54, 1.807) is 12.4 Å². The van der Waals surface area contributed by atoms with Gasteiger partial charge in [0.25, 0.3) is 5.91 Å². The molecule has 0 radical (unpaired) electrons. The fraction of sp³-hybridized carbons (Fsp3) is 0.381. The molecule has 2 aromatic heterocycles. The van der Waals surface area contributed by atoms with Crippen molar-refractivity contribution in [3.63, 3.8) is 0 Å². The maximum atomic E-state index is 12.3. The molecule has 1 N–H and O–H groups in total. The van der Waals surface area contributed by atoms with E-state index in [0.717, 1.165) is 28.8 Å². The number of anilines is 1. The van der Waals surface area contributed by atoms with Gasteiger partial charge in [-0.2, -0.15) is 5.10 Å². The van der Waals surface area contributed by atoms with Gasteiger partial charge in [-0.3, -0.25) is 4.79 Å². The Morgan fingerprint density at radius 1 is 1.22 bits per heavy atom. The van der Waals surface area contributed by atoms with Crippen LogP contribution in [0.15, 0.2) is 42.7 Å². The molecule has 1 amide bonds. The van der Waals surface area contributed by atoms with Gasteiger partial charge in [-0.1, -0.05) is 32.0 Å². The second-order valence-electron chi connectivity index (χ2n) is 7.00. The van der Waals surface area contributed by atoms with E-state index in [1.807, 2.05) is 35.0 Å². The maximum Gasteiger partial charge on any atom is 0.262 e. The first-order valence-electron chi connectivity index (χ1n) is 9.34. The molecule has 1 aromatic carbocycles. The quantitative estimate of drug-likeness (QED) is 0.666. The summed E-state index contributed by atoms with van der Waals surface area (Å²) in [7, 11) is 0. The van der Waals surface area contributed by atoms with E-state index >= 15 is 0 Å². The Balaban J connectivity index is 1.66. The Bertz CT molecular complexity index is 933. The molecule has 0 aliphatic heterocycles. The summed E-state index contributed by atoms with van der Waals surface area (Å²) >= 11 is 0. The summed E-state index contributed by atoms with van der Waals surface area (Å²) in [6, 6.07) is 9.97. The smallest absolute Gasteiger partial charge is 0.262 e. The standard InChI is InChI=1S/C21H26N4O2/c1-5-15(4)18-8-6-7-9-19(18)27-13-20(26)24-17-10-16-11-23-25(14(2)3)21(16)22-12-17/h6-12,14-15H,5,13H2,1-4H3,(H,24,26)/t15-/m0/s1. The number of fused-ring (bicyclic) bond motifs is 1. The van der Waals surface area contributed by atoms with Gasteiger partial charge >= 0.3 is 0 Å². The molecule has 3 rings (SSSR count). The highest BCUT2D eigenvalue weighted by Crippen LogP contribution is 2.28. The van der Waals surface area contributed by atoms with Gasteiger partial charge in [-0.25, -0.2) is 9.67 Å². The molecule has 0 unspecified atom stereocenters. The van der Waals surface area contributed by atoms with Crippen molar-refractivity contribution in [3.05, 3.63) is 48.3 Å². The number of ether oxygens (including phenoxy) is 1. The van der Waals surface area contributed by atoms with Crippen LogP contribution in [0.5, 0.6) is 5.75 Å². The average Bonchev–Trinajstić information content (AvgIpc) is 3.09. The third-order valence-electron chi connectivity index (χ3n) is 4.63. The van der Waals surface area contributed by atoms with Gasteiger partial charge < -0.3 is 10.1 Å². The molecular weight excluding hydrogens is 340 g/mol. The third kappa shape index (κ3) is 4.27. The zero-order valence-corrected chi connectivity index (χ0v) is 16.3. The number of carbonyl (C=O) groups excluding carboxylic acids is 1. The highest BCUT2D eigenvalue weighted by atomic mass is 16.5. The highest BCUT2D eigenvalue weighted by molar-refractivity contribution is 5.93. The van der Waals surface area contributed by atoms with Gasteiger partial charge in [0.15, 0.2) is 12.3 Å². The van der Waals surface area contributed by atoms with Crippen molar-refractivity contribution in [3.8, 4) is 5.75 Å². The predicted octanol–water partition coefficient (Wildman–Crippen LogP) is 4.54. The Hall–Kier alpha value is -2.89. The van der Waals surface area contributed by atoms with E-state index in [2.05, 4.69) is 43.1 Å². The molecule has 0 fully saturated rings. The zero-order chi connectivity index (χ0) is 19.4. The molecule has 6 heteroatoms. The monoisotopic (exact) mass is 366 g/mol. The number of carbonyl (C=O) groups is 1. The molecule has 0 bridgehead atoms. The molecule has 0 aliphatic carbocycles. The van der Waals surface area contributed by atoms with Gasteiger partial charge in [0.1, 0.15) is 5.75 Å². The molecule has 6 nitrogen and oxygen atoms in total. The van der Waals surface area contributed by atoms with Crippen LogP contribution in [-0.4, -0.2) is 27.3 Å². The number of aromatic nitrogens is 3. The summed E-state index contributed by atoms with van der Waals surface area (Å²) in [6.45, 7) is 8.35. The van der Waals surface area contributed by atoms with Gasteiger partial charge in [0.2, 0.25) is 0 Å². The first-order valence-corrected chi connectivity index (χ1v) is 9.34. The molecular formula is C21H26N4O2. The lowest BCUT2D eigenvalue weighted by Crippen LogP contribution is -2.20. The number of nitrogens with one attached hydrogen (secondary N) is 1. The third-order valence-corrected chi connectivity index (χ3v) is 4.63. The fourth-order valence-electron chi connectivity index (χ4n) is 2.97. The van der Waals surface area contributed by atoms with Crippen LogP contribution >= 0.6 is 0 Å². The zero-order valence-electron chi connectivity index (χ0n) is 16.3. The van der Waals surface area contributed by atoms with Crippen LogP contribution < -0.4 is 10.1 Å². The first kappa shape index (κ1) is 18.9. The number of pyridine rings is 1. The van der Waals surface area contributed by atoms with E-state index in [1.165, 1.54) is 0 Å². The van der Waals surface area contributed by atoms with Crippen LogP contribution in [0, 0.1) is 0 Å². The summed E-state index contributed by atoms with van der Waals surface area (Å²) in [6.07, 6.45) is 4.42. The summed E-state index contributed by atoms with van der Waals surface area (Å²) in [5.41, 5.74) is 2.56. The number of hydrogen-bond acceptors (Lipinski definition) is 4. The van der Waals surface area contributed by atoms with Crippen LogP contribution in [0.2, 0.25) is 0 Å². The molecule has 0 saturated heterocycles. The van der Waals surface area contributed by atoms with Crippen LogP contribution in [0.4, 0.5) is 5.69 Å². The van der Waals surface area contributed by atoms with Crippen LogP contribution in [0.3, 0.4) is 0 Å². The summed E-state index contributed by atoms with van der Waals surface area (Å²) in [4.78, 5) is 16.7. The van der Waals surface area contributed by atoms with Gasteiger partial charge in [0.05, 0.1) is 18.1 Å². The number of para-hydroxylation sites is 1. The lowest BCUT2D eigenvalue weighted by Gasteiger charge is -2.15. The number of amides is 1. The lowest BCUT2D eigenvalue weighted by molar-refractivity contribution is -0.118. The predicted molar refractivity (Wildman–Crippen MR) is 107 cm³/mol. The molecule has 0 spiro atoms. The van der Waals surface area contributed by atoms with Crippen molar-refractivity contribution in [1.82, 2.24) is 14.8 Å². The van der Waals surface area contributed by atoms with Gasteiger partial charge in [0, 0.05) is 11.4 Å². The number of benzene rings is 1. The summed E-state index contributed by atoms with van der Waals surface area (Å²) in [5.74, 6) is 0.925. The second kappa shape index (κ2) is 8.20. The highest BCUT2D eigenvalue weighted by Gasteiger charge is 2.12. The summed E-state index contributed by atoms with van der Waals surface area (Å²) < 4.78 is 7.63. The second-order valence-corrected chi connectivity index (χ2v) is 7.00. The molecule has 27 heavy (non-hydrogen) atoms. The Morgan fingerprint density at radius 3 is 2.74 bits per heavy atom. The Labute approximate surface area is 159 Å². The topological polar surface area (TPSA) is 69.0 Å². The average molecular weight is 366 g/mol. The SMILES string of the molecule is CC[C@H](C)c1ccccc1OCC(=O)Nc1cnc2c(cnn2C(C)C)c1. The van der Waals surface area contributed by atoms with Crippen molar-refractivity contribution >= 4 is 22.6 Å². The molecule has 142 valence electrons. The van der Waals surface area contributed by atoms with Crippen molar-refractivity contribution in [2.45, 2.75) is 46.1 Å². The van der Waals surface area contributed by atoms with Crippen molar-refractivity contribution in [2.75, 3.05) is 11.9 Å². The minimum absolute atomic E-state index is 0.0449. The van der Waals surface area contributed by atoms with E-state index < -0.39 is 0 Å². The lowest BCUT2D eigenvalue weighted by atomic mass is 9.98. The van der Waals surface area contributed by atoms with Crippen molar-refractivity contribution < 1.29 is 9.53 Å². The number of hydrogen-bond donors (Lipinski definition) is 1. The summed E-state index contributed by atoms with van der Waals surface area (Å²) in [5, 5.41) is 8.08. The van der Waals surface area contributed by atoms with E-state index in [9.17, 15) is 4.79 Å². The molecule has 0 saturated carbocycles. The Morgan fingerprint density at radius 2 is 2.00 bits per heavy atom. The van der Waals surface area contributed by atoms with Crippen LogP contribution in [0.1, 0.15) is 51.6 Å². The first-order chi connectivity index (χ1) is 13.0. The largest absolute Gasteiger partial charge is 0.483 e. The van der Waals surface area contributed by atoms with Gasteiger partial charge in [-0.15, -0.1) is 0 Å². The maximum absolute atomic E-state index is 12.3. The van der Waals surface area contributed by atoms with E-state index in [0.29, 0.717) is 11.6 Å².